The average Bonchev–Trinajstić information content (AvgIpc) is 2.54. The van der Waals surface area contributed by atoms with Crippen LogP contribution in [0.15, 0.2) is 48.8 Å². The van der Waals surface area contributed by atoms with Gasteiger partial charge in [0.1, 0.15) is 6.04 Å². The summed E-state index contributed by atoms with van der Waals surface area (Å²) in [5.74, 6) is 0.0547. The number of pyridine rings is 1. The maximum atomic E-state index is 12.6. The van der Waals surface area contributed by atoms with Gasteiger partial charge in [-0.1, -0.05) is 24.3 Å². The minimum Gasteiger partial charge on any atom is -0.354 e. The third-order valence-corrected chi connectivity index (χ3v) is 3.94. The topological polar surface area (TPSA) is 45.2 Å². The Bertz CT molecular complexity index is 626. The molecule has 1 atom stereocenters. The van der Waals surface area contributed by atoms with Gasteiger partial charge >= 0.3 is 0 Å². The van der Waals surface area contributed by atoms with Crippen LogP contribution in [0.25, 0.3) is 0 Å². The molecule has 0 aliphatic rings. The maximum Gasteiger partial charge on any atom is 0.241 e. The fraction of sp³-hybridized carbons (Fsp3) is 0.368. The first-order chi connectivity index (χ1) is 11.1. The molecule has 0 saturated heterocycles. The van der Waals surface area contributed by atoms with Gasteiger partial charge in [0.25, 0.3) is 0 Å². The second-order valence-corrected chi connectivity index (χ2v) is 5.97. The van der Waals surface area contributed by atoms with Crippen molar-refractivity contribution in [1.82, 2.24) is 15.2 Å². The molecule has 0 spiro atoms. The number of aryl methyl sites for hydroxylation is 2. The van der Waals surface area contributed by atoms with Crippen LogP contribution >= 0.6 is 0 Å². The number of amides is 1. The second-order valence-electron chi connectivity index (χ2n) is 5.97. The molecular formula is C19H25N3O. The monoisotopic (exact) mass is 311 g/mol. The third kappa shape index (κ3) is 4.89. The predicted octanol–water partition coefficient (Wildman–Crippen LogP) is 2.74. The van der Waals surface area contributed by atoms with E-state index in [1.165, 1.54) is 5.56 Å². The zero-order chi connectivity index (χ0) is 16.7. The van der Waals surface area contributed by atoms with E-state index in [0.29, 0.717) is 6.54 Å². The van der Waals surface area contributed by atoms with Crippen molar-refractivity contribution in [2.24, 2.45) is 0 Å². The standard InChI is InChI=1S/C19H25N3O/c1-15-7-4-5-9-17(15)18(22(2)3)19(23)21-12-6-8-16-10-13-20-14-11-16/h4-5,7,9-11,13-14,18H,6,8,12H2,1-3H3,(H,21,23)/t18-/m0/s1. The zero-order valence-electron chi connectivity index (χ0n) is 14.1. The number of hydrogen-bond donors (Lipinski definition) is 1. The van der Waals surface area contributed by atoms with Crippen LogP contribution in [0.2, 0.25) is 0 Å². The molecule has 2 rings (SSSR count). The van der Waals surface area contributed by atoms with Gasteiger partial charge in [0, 0.05) is 18.9 Å². The first-order valence-corrected chi connectivity index (χ1v) is 7.98. The Hall–Kier alpha value is -2.20. The maximum absolute atomic E-state index is 12.6. The Kier molecular flexibility index (Phi) is 6.29. The Morgan fingerprint density at radius 1 is 1.17 bits per heavy atom. The lowest BCUT2D eigenvalue weighted by molar-refractivity contribution is -0.125. The van der Waals surface area contributed by atoms with Crippen LogP contribution in [-0.4, -0.2) is 36.4 Å². The molecule has 0 fully saturated rings. The fourth-order valence-corrected chi connectivity index (χ4v) is 2.70. The number of likely N-dealkylation sites (N-methyl/N-ethyl adjacent to an activating group) is 1. The minimum absolute atomic E-state index is 0.0547. The van der Waals surface area contributed by atoms with E-state index in [9.17, 15) is 4.79 Å². The van der Waals surface area contributed by atoms with Crippen LogP contribution in [0.1, 0.15) is 29.2 Å². The predicted molar refractivity (Wildman–Crippen MR) is 93.2 cm³/mol. The van der Waals surface area contributed by atoms with Gasteiger partial charge in [-0.2, -0.15) is 0 Å². The van der Waals surface area contributed by atoms with Crippen molar-refractivity contribution in [2.75, 3.05) is 20.6 Å². The molecule has 1 aromatic heterocycles. The van der Waals surface area contributed by atoms with Crippen LogP contribution in [0.4, 0.5) is 0 Å². The molecule has 1 aromatic carbocycles. The number of nitrogens with zero attached hydrogens (tertiary/aromatic N) is 2. The fourth-order valence-electron chi connectivity index (χ4n) is 2.70. The first-order valence-electron chi connectivity index (χ1n) is 7.98. The summed E-state index contributed by atoms with van der Waals surface area (Å²) in [6.07, 6.45) is 5.46. The lowest BCUT2D eigenvalue weighted by Gasteiger charge is -2.25. The Labute approximate surface area is 138 Å². The summed E-state index contributed by atoms with van der Waals surface area (Å²) in [6, 6.07) is 11.8. The number of carbonyl (C=O) groups excluding carboxylic acids is 1. The SMILES string of the molecule is Cc1ccccc1[C@@H](C(=O)NCCCc1ccncc1)N(C)C. The molecular weight excluding hydrogens is 286 g/mol. The number of carbonyl (C=O) groups is 1. The average molecular weight is 311 g/mol. The molecule has 0 radical (unpaired) electrons. The van der Waals surface area contributed by atoms with Crippen molar-refractivity contribution in [2.45, 2.75) is 25.8 Å². The number of aromatic nitrogens is 1. The highest BCUT2D eigenvalue weighted by Gasteiger charge is 2.23. The molecule has 1 amide bonds. The highest BCUT2D eigenvalue weighted by Crippen LogP contribution is 2.21. The van der Waals surface area contributed by atoms with Crippen LogP contribution in [0, 0.1) is 6.92 Å². The second kappa shape index (κ2) is 8.44. The van der Waals surface area contributed by atoms with Crippen molar-refractivity contribution in [3.63, 3.8) is 0 Å². The van der Waals surface area contributed by atoms with Gasteiger partial charge < -0.3 is 5.32 Å². The molecule has 0 saturated carbocycles. The van der Waals surface area contributed by atoms with Crippen LogP contribution < -0.4 is 5.32 Å². The molecule has 1 heterocycles. The van der Waals surface area contributed by atoms with E-state index in [2.05, 4.69) is 10.3 Å². The quantitative estimate of drug-likeness (QED) is 0.800. The van der Waals surface area contributed by atoms with Gasteiger partial charge in [-0.3, -0.25) is 14.7 Å². The lowest BCUT2D eigenvalue weighted by atomic mass is 10.00. The number of rotatable bonds is 7. The molecule has 122 valence electrons. The summed E-state index contributed by atoms with van der Waals surface area (Å²) in [5.41, 5.74) is 3.44. The summed E-state index contributed by atoms with van der Waals surface area (Å²) in [4.78, 5) is 18.6. The molecule has 0 unspecified atom stereocenters. The van der Waals surface area contributed by atoms with Crippen LogP contribution in [0.3, 0.4) is 0 Å². The van der Waals surface area contributed by atoms with E-state index in [-0.39, 0.29) is 11.9 Å². The smallest absolute Gasteiger partial charge is 0.241 e. The van der Waals surface area contributed by atoms with Crippen molar-refractivity contribution in [1.29, 1.82) is 0 Å². The highest BCUT2D eigenvalue weighted by molar-refractivity contribution is 5.83. The molecule has 2 aromatic rings. The van der Waals surface area contributed by atoms with E-state index in [4.69, 9.17) is 0 Å². The van der Waals surface area contributed by atoms with Crippen molar-refractivity contribution < 1.29 is 4.79 Å². The highest BCUT2D eigenvalue weighted by atomic mass is 16.2. The lowest BCUT2D eigenvalue weighted by Crippen LogP contribution is -2.37. The summed E-state index contributed by atoms with van der Waals surface area (Å²) < 4.78 is 0. The molecule has 4 nitrogen and oxygen atoms in total. The Morgan fingerprint density at radius 2 is 1.87 bits per heavy atom. The minimum atomic E-state index is -0.253. The largest absolute Gasteiger partial charge is 0.354 e. The summed E-state index contributed by atoms with van der Waals surface area (Å²) in [5, 5.41) is 3.06. The Balaban J connectivity index is 1.91. The van der Waals surface area contributed by atoms with Gasteiger partial charge in [-0.15, -0.1) is 0 Å². The van der Waals surface area contributed by atoms with E-state index in [0.717, 1.165) is 24.0 Å². The normalized spacial score (nSPS) is 12.2. The van der Waals surface area contributed by atoms with Gasteiger partial charge in [0.05, 0.1) is 0 Å². The van der Waals surface area contributed by atoms with Crippen molar-refractivity contribution >= 4 is 5.91 Å². The zero-order valence-corrected chi connectivity index (χ0v) is 14.1. The summed E-state index contributed by atoms with van der Waals surface area (Å²) in [7, 11) is 3.88. The van der Waals surface area contributed by atoms with Gasteiger partial charge in [-0.25, -0.2) is 0 Å². The molecule has 23 heavy (non-hydrogen) atoms. The van der Waals surface area contributed by atoms with Crippen LogP contribution in [0.5, 0.6) is 0 Å². The van der Waals surface area contributed by atoms with Crippen molar-refractivity contribution in [3.8, 4) is 0 Å². The van der Waals surface area contributed by atoms with Crippen molar-refractivity contribution in [3.05, 3.63) is 65.5 Å². The number of benzene rings is 1. The van der Waals surface area contributed by atoms with E-state index < -0.39 is 0 Å². The van der Waals surface area contributed by atoms with E-state index in [1.807, 2.05) is 62.3 Å². The molecule has 0 aliphatic heterocycles. The third-order valence-electron chi connectivity index (χ3n) is 3.94. The van der Waals surface area contributed by atoms with E-state index >= 15 is 0 Å². The Morgan fingerprint density at radius 3 is 2.52 bits per heavy atom. The molecule has 0 aliphatic carbocycles. The molecule has 1 N–H and O–H groups in total. The summed E-state index contributed by atoms with van der Waals surface area (Å²) >= 11 is 0. The molecule has 4 heteroatoms. The first kappa shape index (κ1) is 17.2. The van der Waals surface area contributed by atoms with Crippen LogP contribution in [-0.2, 0) is 11.2 Å². The van der Waals surface area contributed by atoms with Gasteiger partial charge in [0.15, 0.2) is 0 Å². The van der Waals surface area contributed by atoms with Gasteiger partial charge in [0.2, 0.25) is 5.91 Å². The summed E-state index contributed by atoms with van der Waals surface area (Å²) in [6.45, 7) is 2.72. The number of nitrogens with one attached hydrogen (secondary N) is 1. The molecule has 0 bridgehead atoms. The van der Waals surface area contributed by atoms with E-state index in [1.54, 1.807) is 12.4 Å². The number of hydrogen-bond acceptors (Lipinski definition) is 3. The van der Waals surface area contributed by atoms with Gasteiger partial charge in [-0.05, 0) is 62.7 Å².